The van der Waals surface area contributed by atoms with E-state index in [9.17, 15) is 4.79 Å². The minimum Gasteiger partial charge on any atom is -0.349 e. The van der Waals surface area contributed by atoms with Crippen LogP contribution in [-0.2, 0) is 5.41 Å². The van der Waals surface area contributed by atoms with Crippen LogP contribution >= 0.6 is 0 Å². The Bertz CT molecular complexity index is 326. The maximum Gasteiger partial charge on any atom is 0.292 e. The van der Waals surface area contributed by atoms with Crippen molar-refractivity contribution >= 4 is 5.91 Å². The average Bonchev–Trinajstić information content (AvgIpc) is 2.69. The van der Waals surface area contributed by atoms with Crippen LogP contribution in [0, 0.1) is 0 Å². The van der Waals surface area contributed by atoms with Gasteiger partial charge in [-0.2, -0.15) is 4.98 Å². The molecule has 0 atom stereocenters. The van der Waals surface area contributed by atoms with Gasteiger partial charge in [0.05, 0.1) is 0 Å². The molecule has 16 heavy (non-hydrogen) atoms. The van der Waals surface area contributed by atoms with Crippen LogP contribution in [0.3, 0.4) is 0 Å². The Morgan fingerprint density at radius 2 is 1.94 bits per heavy atom. The highest BCUT2D eigenvalue weighted by molar-refractivity contribution is 5.90. The van der Waals surface area contributed by atoms with E-state index >= 15 is 0 Å². The molecule has 0 saturated carbocycles. The van der Waals surface area contributed by atoms with Crippen molar-refractivity contribution in [2.45, 2.75) is 47.0 Å². The van der Waals surface area contributed by atoms with E-state index in [1.54, 1.807) is 0 Å². The van der Waals surface area contributed by atoms with Gasteiger partial charge < -0.3 is 9.84 Å². The molecular formula is C11H21N3O2. The predicted molar refractivity (Wildman–Crippen MR) is 62.4 cm³/mol. The molecule has 0 aliphatic heterocycles. The van der Waals surface area contributed by atoms with Crippen LogP contribution in [0.4, 0.5) is 0 Å². The van der Waals surface area contributed by atoms with Gasteiger partial charge in [-0.1, -0.05) is 39.8 Å². The summed E-state index contributed by atoms with van der Waals surface area (Å²) < 4.78 is 4.97. The molecule has 0 aromatic carbocycles. The number of nitrogens with zero attached hydrogens (tertiary/aromatic N) is 2. The Kier molecular flexibility index (Phi) is 5.71. The summed E-state index contributed by atoms with van der Waals surface area (Å²) in [4.78, 5) is 15.3. The number of carbonyl (C=O) groups is 1. The first kappa shape index (κ1) is 14.6. The number of hydrogen-bond donors (Lipinski definition) is 1. The largest absolute Gasteiger partial charge is 0.349 e. The van der Waals surface area contributed by atoms with Crippen LogP contribution in [0.2, 0.25) is 0 Å². The molecule has 0 aliphatic carbocycles. The van der Waals surface area contributed by atoms with Gasteiger partial charge in [-0.05, 0) is 6.92 Å². The summed E-state index contributed by atoms with van der Waals surface area (Å²) in [5.74, 6) is 0.266. The molecule has 0 unspecified atom stereocenters. The molecule has 1 heterocycles. The monoisotopic (exact) mass is 227 g/mol. The van der Waals surface area contributed by atoms with Gasteiger partial charge in [0, 0.05) is 12.0 Å². The lowest BCUT2D eigenvalue weighted by Crippen LogP contribution is -2.24. The summed E-state index contributed by atoms with van der Waals surface area (Å²) in [6, 6.07) is 0. The second kappa shape index (κ2) is 6.25. The number of aromatic nitrogens is 2. The summed E-state index contributed by atoms with van der Waals surface area (Å²) in [5, 5.41) is 6.21. The lowest BCUT2D eigenvalue weighted by molar-refractivity contribution is 0.0942. The molecule has 1 aromatic rings. The minimum atomic E-state index is -0.299. The summed E-state index contributed by atoms with van der Waals surface area (Å²) in [6.45, 7) is 12.2. The third-order valence-electron chi connectivity index (χ3n) is 1.61. The van der Waals surface area contributed by atoms with E-state index < -0.39 is 0 Å². The molecule has 92 valence electrons. The molecule has 0 fully saturated rings. The van der Waals surface area contributed by atoms with Gasteiger partial charge in [0.15, 0.2) is 0 Å². The third kappa shape index (κ3) is 4.00. The molecular weight excluding hydrogens is 206 g/mol. The molecule has 1 rings (SSSR count). The maximum absolute atomic E-state index is 11.3. The minimum absolute atomic E-state index is 0.0942. The normalized spacial score (nSPS) is 10.4. The van der Waals surface area contributed by atoms with Crippen molar-refractivity contribution in [2.75, 3.05) is 6.54 Å². The first-order valence-electron chi connectivity index (χ1n) is 5.57. The average molecular weight is 227 g/mol. The number of rotatable bonds is 2. The first-order chi connectivity index (χ1) is 7.45. The topological polar surface area (TPSA) is 68.0 Å². The fourth-order valence-electron chi connectivity index (χ4n) is 0.860. The molecule has 5 nitrogen and oxygen atoms in total. The fourth-order valence-corrected chi connectivity index (χ4v) is 0.860. The third-order valence-corrected chi connectivity index (χ3v) is 1.61. The molecule has 0 bridgehead atoms. The molecule has 0 spiro atoms. The smallest absolute Gasteiger partial charge is 0.292 e. The van der Waals surface area contributed by atoms with E-state index in [-0.39, 0.29) is 17.1 Å². The van der Waals surface area contributed by atoms with Gasteiger partial charge in [-0.15, -0.1) is 0 Å². The Hall–Kier alpha value is -1.39. The van der Waals surface area contributed by atoms with E-state index in [4.69, 9.17) is 4.52 Å². The first-order valence-corrected chi connectivity index (χ1v) is 5.57. The Morgan fingerprint density at radius 3 is 2.31 bits per heavy atom. The van der Waals surface area contributed by atoms with Crippen molar-refractivity contribution in [3.63, 3.8) is 0 Å². The van der Waals surface area contributed by atoms with Gasteiger partial charge in [0.2, 0.25) is 5.89 Å². The summed E-state index contributed by atoms with van der Waals surface area (Å²) in [7, 11) is 0. The molecule has 1 aromatic heterocycles. The Morgan fingerprint density at radius 1 is 1.38 bits per heavy atom. The van der Waals surface area contributed by atoms with Crippen molar-refractivity contribution in [2.24, 2.45) is 0 Å². The summed E-state index contributed by atoms with van der Waals surface area (Å²) in [6.07, 6.45) is 0. The van der Waals surface area contributed by atoms with Gasteiger partial charge in [0.25, 0.3) is 11.7 Å². The summed E-state index contributed by atoms with van der Waals surface area (Å²) >= 11 is 0. The van der Waals surface area contributed by atoms with Crippen LogP contribution in [0.1, 0.15) is 58.1 Å². The van der Waals surface area contributed by atoms with Gasteiger partial charge in [-0.3, -0.25) is 4.79 Å². The number of carbonyl (C=O) groups excluding carboxylic acids is 1. The maximum atomic E-state index is 11.3. The van der Waals surface area contributed by atoms with E-state index in [0.717, 1.165) is 0 Å². The van der Waals surface area contributed by atoms with Crippen molar-refractivity contribution in [3.8, 4) is 0 Å². The standard InChI is InChI=1S/C9H15N3O2.C2H6/c1-5-10-7(13)6-11-8(14-12-6)9(2,3)4;1-2/h5H2,1-4H3,(H,10,13);1-2H3. The highest BCUT2D eigenvalue weighted by atomic mass is 16.5. The van der Waals surface area contributed by atoms with E-state index in [2.05, 4.69) is 15.5 Å². The zero-order valence-corrected chi connectivity index (χ0v) is 10.9. The van der Waals surface area contributed by atoms with Gasteiger partial charge in [-0.25, -0.2) is 0 Å². The van der Waals surface area contributed by atoms with Crippen molar-refractivity contribution in [1.29, 1.82) is 0 Å². The van der Waals surface area contributed by atoms with Crippen LogP contribution in [0.15, 0.2) is 4.52 Å². The molecule has 1 N–H and O–H groups in total. The van der Waals surface area contributed by atoms with Crippen LogP contribution < -0.4 is 5.32 Å². The van der Waals surface area contributed by atoms with E-state index in [0.29, 0.717) is 12.4 Å². The quantitative estimate of drug-likeness (QED) is 0.840. The second-order valence-electron chi connectivity index (χ2n) is 4.03. The predicted octanol–water partition coefficient (Wildman–Crippen LogP) is 2.14. The number of amides is 1. The number of hydrogen-bond acceptors (Lipinski definition) is 4. The lowest BCUT2D eigenvalue weighted by Gasteiger charge is -2.10. The fraction of sp³-hybridized carbons (Fsp3) is 0.727. The van der Waals surface area contributed by atoms with Gasteiger partial charge in [0.1, 0.15) is 0 Å². The zero-order valence-electron chi connectivity index (χ0n) is 10.9. The Balaban J connectivity index is 0.00000106. The Labute approximate surface area is 96.6 Å². The van der Waals surface area contributed by atoms with Crippen LogP contribution in [0.25, 0.3) is 0 Å². The van der Waals surface area contributed by atoms with Gasteiger partial charge >= 0.3 is 0 Å². The van der Waals surface area contributed by atoms with Crippen LogP contribution in [-0.4, -0.2) is 22.6 Å². The van der Waals surface area contributed by atoms with Crippen LogP contribution in [0.5, 0.6) is 0 Å². The SMILES string of the molecule is CC.CCNC(=O)c1noc(C(C)(C)C)n1. The van der Waals surface area contributed by atoms with Crippen molar-refractivity contribution in [1.82, 2.24) is 15.5 Å². The molecule has 0 radical (unpaired) electrons. The van der Waals surface area contributed by atoms with Crippen molar-refractivity contribution in [3.05, 3.63) is 11.7 Å². The zero-order chi connectivity index (χ0) is 12.8. The molecule has 5 heteroatoms. The second-order valence-corrected chi connectivity index (χ2v) is 4.03. The van der Waals surface area contributed by atoms with E-state index in [1.165, 1.54) is 0 Å². The highest BCUT2D eigenvalue weighted by Crippen LogP contribution is 2.19. The highest BCUT2D eigenvalue weighted by Gasteiger charge is 2.23. The van der Waals surface area contributed by atoms with E-state index in [1.807, 2.05) is 41.5 Å². The number of nitrogens with one attached hydrogen (secondary N) is 1. The summed E-state index contributed by atoms with van der Waals surface area (Å²) in [5.41, 5.74) is -0.224. The molecule has 0 aliphatic rings. The molecule has 0 saturated heterocycles. The molecule has 1 amide bonds. The van der Waals surface area contributed by atoms with Crippen molar-refractivity contribution < 1.29 is 9.32 Å². The lowest BCUT2D eigenvalue weighted by atomic mass is 9.97.